The quantitative estimate of drug-likeness (QED) is 0.203. The SMILES string of the molecule is C=C(C(=O)OCC(=CCO)C(=O)OC1CC(=C)C2CC=C(C)C2C2OC(=O)C(=C)C12)C(O)CO. The molecule has 6 atom stereocenters. The molecule has 0 spiro atoms. The third-order valence-electron chi connectivity index (χ3n) is 6.71. The van der Waals surface area contributed by atoms with Gasteiger partial charge in [0.1, 0.15) is 24.9 Å². The van der Waals surface area contributed by atoms with Crippen molar-refractivity contribution in [1.82, 2.24) is 0 Å². The van der Waals surface area contributed by atoms with Crippen LogP contribution in [0.15, 0.2) is 59.8 Å². The smallest absolute Gasteiger partial charge is 0.337 e. The van der Waals surface area contributed by atoms with E-state index in [0.29, 0.717) is 6.42 Å². The van der Waals surface area contributed by atoms with Crippen LogP contribution in [-0.4, -0.2) is 71.4 Å². The van der Waals surface area contributed by atoms with Crippen molar-refractivity contribution in [3.63, 3.8) is 0 Å². The van der Waals surface area contributed by atoms with Gasteiger partial charge in [0.15, 0.2) is 0 Å². The highest BCUT2D eigenvalue weighted by Crippen LogP contribution is 2.51. The van der Waals surface area contributed by atoms with Gasteiger partial charge in [-0.3, -0.25) is 0 Å². The van der Waals surface area contributed by atoms with E-state index < -0.39 is 62.0 Å². The zero-order valence-corrected chi connectivity index (χ0v) is 19.1. The van der Waals surface area contributed by atoms with Gasteiger partial charge in [-0.1, -0.05) is 37.0 Å². The minimum absolute atomic E-state index is 0.0623. The van der Waals surface area contributed by atoms with Gasteiger partial charge in [0.2, 0.25) is 0 Å². The lowest BCUT2D eigenvalue weighted by molar-refractivity contribution is -0.149. The first-order valence-corrected chi connectivity index (χ1v) is 11.0. The average molecular weight is 475 g/mol. The molecule has 184 valence electrons. The highest BCUT2D eigenvalue weighted by Gasteiger charge is 2.54. The molecule has 3 N–H and O–H groups in total. The molecular weight excluding hydrogens is 444 g/mol. The number of aliphatic hydroxyl groups is 3. The Bertz CT molecular complexity index is 973. The molecule has 0 aromatic carbocycles. The maximum absolute atomic E-state index is 13.0. The fourth-order valence-electron chi connectivity index (χ4n) is 4.82. The molecule has 0 aromatic heterocycles. The van der Waals surface area contributed by atoms with E-state index >= 15 is 0 Å². The molecule has 1 saturated carbocycles. The number of fused-ring (bicyclic) bond motifs is 3. The summed E-state index contributed by atoms with van der Waals surface area (Å²) >= 11 is 0. The van der Waals surface area contributed by atoms with Crippen molar-refractivity contribution < 1.29 is 43.9 Å². The molecule has 2 aliphatic carbocycles. The van der Waals surface area contributed by atoms with Crippen molar-refractivity contribution in [2.45, 2.75) is 38.1 Å². The van der Waals surface area contributed by atoms with Crippen LogP contribution in [0.2, 0.25) is 0 Å². The Labute approximate surface area is 197 Å². The molecule has 1 heterocycles. The van der Waals surface area contributed by atoms with E-state index in [0.717, 1.165) is 23.6 Å². The van der Waals surface area contributed by atoms with E-state index in [1.165, 1.54) is 0 Å². The van der Waals surface area contributed by atoms with E-state index in [2.05, 4.69) is 25.8 Å². The van der Waals surface area contributed by atoms with E-state index in [-0.39, 0.29) is 28.6 Å². The number of esters is 3. The molecule has 1 aliphatic heterocycles. The number of hydrogen-bond donors (Lipinski definition) is 3. The Kier molecular flexibility index (Phi) is 7.91. The second-order valence-electron chi connectivity index (χ2n) is 8.75. The van der Waals surface area contributed by atoms with Crippen LogP contribution in [0.5, 0.6) is 0 Å². The highest BCUT2D eigenvalue weighted by atomic mass is 16.6. The van der Waals surface area contributed by atoms with Gasteiger partial charge in [0.05, 0.1) is 30.3 Å². The first-order valence-electron chi connectivity index (χ1n) is 11.0. The van der Waals surface area contributed by atoms with Gasteiger partial charge in [-0.2, -0.15) is 0 Å². The number of carbonyl (C=O) groups is 3. The van der Waals surface area contributed by atoms with E-state index in [4.69, 9.17) is 19.3 Å². The van der Waals surface area contributed by atoms with Crippen LogP contribution in [0.3, 0.4) is 0 Å². The molecule has 0 amide bonds. The maximum Gasteiger partial charge on any atom is 0.337 e. The first-order chi connectivity index (χ1) is 16.1. The Balaban J connectivity index is 1.77. The van der Waals surface area contributed by atoms with E-state index in [1.54, 1.807) is 0 Å². The van der Waals surface area contributed by atoms with Gasteiger partial charge in [-0.15, -0.1) is 0 Å². The number of allylic oxidation sites excluding steroid dienone is 1. The Morgan fingerprint density at radius 3 is 2.62 bits per heavy atom. The van der Waals surface area contributed by atoms with Gasteiger partial charge in [-0.25, -0.2) is 14.4 Å². The molecule has 0 radical (unpaired) electrons. The standard InChI is InChI=1S/C25H30O9/c1-12-5-6-17-13(2)9-19(21-15(4)24(30)34-22(21)20(12)17)33-25(31)16(7-8-26)11-32-23(29)14(3)18(28)10-27/h5,7,17-22,26-28H,2-4,6,8-11H2,1H3. The highest BCUT2D eigenvalue weighted by molar-refractivity contribution is 5.93. The van der Waals surface area contributed by atoms with Crippen molar-refractivity contribution in [3.05, 3.63) is 59.8 Å². The molecule has 9 nitrogen and oxygen atoms in total. The Morgan fingerprint density at radius 2 is 1.97 bits per heavy atom. The summed E-state index contributed by atoms with van der Waals surface area (Å²) in [4.78, 5) is 37.4. The third-order valence-corrected chi connectivity index (χ3v) is 6.71. The summed E-state index contributed by atoms with van der Waals surface area (Å²) in [6.45, 7) is 11.6. The summed E-state index contributed by atoms with van der Waals surface area (Å²) in [5, 5.41) is 27.8. The topological polar surface area (TPSA) is 140 Å². The minimum Gasteiger partial charge on any atom is -0.458 e. The monoisotopic (exact) mass is 474 g/mol. The summed E-state index contributed by atoms with van der Waals surface area (Å²) in [5.74, 6) is -2.96. The van der Waals surface area contributed by atoms with Crippen molar-refractivity contribution in [1.29, 1.82) is 0 Å². The fourth-order valence-corrected chi connectivity index (χ4v) is 4.82. The predicted octanol–water partition coefficient (Wildman–Crippen LogP) is 0.910. The molecule has 1 saturated heterocycles. The average Bonchev–Trinajstić information content (AvgIpc) is 3.29. The first kappa shape index (κ1) is 25.6. The van der Waals surface area contributed by atoms with Gasteiger partial charge in [0, 0.05) is 17.9 Å². The lowest BCUT2D eigenvalue weighted by Gasteiger charge is -2.28. The number of hydrogen-bond acceptors (Lipinski definition) is 9. The van der Waals surface area contributed by atoms with Crippen LogP contribution in [0.1, 0.15) is 19.8 Å². The molecule has 0 bridgehead atoms. The predicted molar refractivity (Wildman–Crippen MR) is 120 cm³/mol. The zero-order valence-electron chi connectivity index (χ0n) is 19.1. The molecule has 6 unspecified atom stereocenters. The van der Waals surface area contributed by atoms with Crippen molar-refractivity contribution >= 4 is 17.9 Å². The zero-order chi connectivity index (χ0) is 25.2. The largest absolute Gasteiger partial charge is 0.458 e. The van der Waals surface area contributed by atoms with Crippen LogP contribution >= 0.6 is 0 Å². The summed E-state index contributed by atoms with van der Waals surface area (Å²) < 4.78 is 16.4. The van der Waals surface area contributed by atoms with Gasteiger partial charge >= 0.3 is 17.9 Å². The van der Waals surface area contributed by atoms with E-state index in [9.17, 15) is 24.6 Å². The summed E-state index contributed by atoms with van der Waals surface area (Å²) in [6, 6.07) is 0. The van der Waals surface area contributed by atoms with Crippen molar-refractivity contribution in [3.8, 4) is 0 Å². The molecule has 3 rings (SSSR count). The maximum atomic E-state index is 13.0. The third kappa shape index (κ3) is 4.91. The molecule has 2 fully saturated rings. The van der Waals surface area contributed by atoms with Crippen molar-refractivity contribution in [2.75, 3.05) is 19.8 Å². The lowest BCUT2D eigenvalue weighted by atomic mass is 9.80. The number of rotatable bonds is 8. The van der Waals surface area contributed by atoms with Crippen molar-refractivity contribution in [2.24, 2.45) is 17.8 Å². The Morgan fingerprint density at radius 1 is 1.26 bits per heavy atom. The summed E-state index contributed by atoms with van der Waals surface area (Å²) in [5.41, 5.74) is 1.68. The molecule has 3 aliphatic rings. The van der Waals surface area contributed by atoms with Crippen LogP contribution in [0.25, 0.3) is 0 Å². The Hall–Kier alpha value is -3.01. The van der Waals surface area contributed by atoms with Crippen LogP contribution in [0, 0.1) is 17.8 Å². The molecule has 9 heteroatoms. The minimum atomic E-state index is -1.50. The van der Waals surface area contributed by atoms with E-state index in [1.807, 2.05) is 6.92 Å². The number of ether oxygens (including phenoxy) is 3. The second-order valence-corrected chi connectivity index (χ2v) is 8.75. The molecule has 0 aromatic rings. The van der Waals surface area contributed by atoms with Gasteiger partial charge in [-0.05, 0) is 25.3 Å². The van der Waals surface area contributed by atoms with Crippen LogP contribution in [-0.2, 0) is 28.6 Å². The lowest BCUT2D eigenvalue weighted by Crippen LogP contribution is -2.36. The molecular formula is C25H30O9. The number of aliphatic hydroxyl groups excluding tert-OH is 3. The van der Waals surface area contributed by atoms with Gasteiger partial charge in [0.25, 0.3) is 0 Å². The van der Waals surface area contributed by atoms with Crippen LogP contribution in [0.4, 0.5) is 0 Å². The summed E-state index contributed by atoms with van der Waals surface area (Å²) in [6.07, 6.45) is 1.49. The normalized spacial score (nSPS) is 29.4. The summed E-state index contributed by atoms with van der Waals surface area (Å²) in [7, 11) is 0. The van der Waals surface area contributed by atoms with Crippen LogP contribution < -0.4 is 0 Å². The van der Waals surface area contributed by atoms with Gasteiger partial charge < -0.3 is 29.5 Å². The molecule has 34 heavy (non-hydrogen) atoms. The fraction of sp³-hybridized carbons (Fsp3) is 0.480. The second kappa shape index (κ2) is 10.5. The number of carbonyl (C=O) groups excluding carboxylic acids is 3.